The zero-order valence-electron chi connectivity index (χ0n) is 16.8. The van der Waals surface area contributed by atoms with Gasteiger partial charge in [0, 0.05) is 30.5 Å². The summed E-state index contributed by atoms with van der Waals surface area (Å²) in [4.78, 5) is 34.1. The Morgan fingerprint density at radius 1 is 1.00 bits per heavy atom. The van der Waals surface area contributed by atoms with Crippen molar-refractivity contribution in [1.29, 1.82) is 0 Å². The lowest BCUT2D eigenvalue weighted by Crippen LogP contribution is -2.69. The average molecular weight is 394 g/mol. The molecule has 2 heterocycles. The van der Waals surface area contributed by atoms with E-state index in [1.54, 1.807) is 30.2 Å². The smallest absolute Gasteiger partial charge is 0.272 e. The molecule has 0 radical (unpaired) electrons. The van der Waals surface area contributed by atoms with Crippen LogP contribution < -0.4 is 10.6 Å². The number of nitrogens with one attached hydrogen (secondary N) is 2. The second kappa shape index (κ2) is 6.37. The molecule has 2 unspecified atom stereocenters. The summed E-state index contributed by atoms with van der Waals surface area (Å²) >= 11 is 0. The molecule has 4 fully saturated rings. The third-order valence-electron chi connectivity index (χ3n) is 6.78. The summed E-state index contributed by atoms with van der Waals surface area (Å²) in [6, 6.07) is 1.74. The molecule has 152 valence electrons. The molecule has 4 bridgehead atoms. The van der Waals surface area contributed by atoms with Gasteiger partial charge < -0.3 is 10.6 Å². The van der Waals surface area contributed by atoms with Crippen LogP contribution in [0.15, 0.2) is 24.7 Å². The minimum absolute atomic E-state index is 0.126. The Balaban J connectivity index is 1.37. The molecule has 2 aromatic heterocycles. The molecular weight excluding hydrogens is 368 g/mol. The van der Waals surface area contributed by atoms with Gasteiger partial charge in [-0.25, -0.2) is 4.98 Å². The SMILES string of the molecule is Cc1cnc(C(=O)NC23CC4CC(C2)CC(NC(=O)c2ccn(C)n2)(C4)C3)cn1. The number of aromatic nitrogens is 4. The van der Waals surface area contributed by atoms with Crippen molar-refractivity contribution < 1.29 is 9.59 Å². The van der Waals surface area contributed by atoms with Crippen molar-refractivity contribution in [2.45, 2.75) is 56.5 Å². The molecular formula is C21H26N6O2. The Morgan fingerprint density at radius 2 is 1.62 bits per heavy atom. The maximum Gasteiger partial charge on any atom is 0.272 e. The molecule has 29 heavy (non-hydrogen) atoms. The van der Waals surface area contributed by atoms with Crippen LogP contribution in [-0.2, 0) is 7.05 Å². The van der Waals surface area contributed by atoms with Crippen LogP contribution in [0, 0.1) is 18.8 Å². The minimum Gasteiger partial charge on any atom is -0.345 e. The van der Waals surface area contributed by atoms with E-state index in [0.29, 0.717) is 23.2 Å². The maximum absolute atomic E-state index is 12.9. The fourth-order valence-corrected chi connectivity index (χ4v) is 6.21. The molecule has 2 N–H and O–H groups in total. The van der Waals surface area contributed by atoms with Gasteiger partial charge in [-0.3, -0.25) is 19.3 Å². The van der Waals surface area contributed by atoms with Gasteiger partial charge in [0.2, 0.25) is 0 Å². The van der Waals surface area contributed by atoms with Gasteiger partial charge in [-0.05, 0) is 63.4 Å². The number of nitrogens with zero attached hydrogens (tertiary/aromatic N) is 4. The van der Waals surface area contributed by atoms with Crippen molar-refractivity contribution in [3.8, 4) is 0 Å². The van der Waals surface area contributed by atoms with Gasteiger partial charge in [0.15, 0.2) is 0 Å². The molecule has 0 spiro atoms. The van der Waals surface area contributed by atoms with E-state index < -0.39 is 0 Å². The molecule has 8 heteroatoms. The van der Waals surface area contributed by atoms with Gasteiger partial charge >= 0.3 is 0 Å². The van der Waals surface area contributed by atoms with Crippen LogP contribution in [0.3, 0.4) is 0 Å². The number of hydrogen-bond acceptors (Lipinski definition) is 5. The number of rotatable bonds is 4. The summed E-state index contributed by atoms with van der Waals surface area (Å²) in [6.45, 7) is 1.85. The topological polar surface area (TPSA) is 102 Å². The third kappa shape index (κ3) is 3.30. The standard InChI is InChI=1S/C21H26N6O2/c1-13-10-23-17(11-22-13)19(29)25-21-8-14-5-15(9-21)7-20(6-14,12-21)24-18(28)16-3-4-27(2)26-16/h3-4,10-11,14-15H,5-9,12H2,1-2H3,(H,24,28)(H,25,29). The van der Waals surface area contributed by atoms with Gasteiger partial charge in [-0.1, -0.05) is 0 Å². The van der Waals surface area contributed by atoms with E-state index in [2.05, 4.69) is 25.7 Å². The number of hydrogen-bond donors (Lipinski definition) is 2. The van der Waals surface area contributed by atoms with E-state index in [4.69, 9.17) is 0 Å². The summed E-state index contributed by atoms with van der Waals surface area (Å²) < 4.78 is 1.64. The van der Waals surface area contributed by atoms with Crippen LogP contribution in [0.2, 0.25) is 0 Å². The highest BCUT2D eigenvalue weighted by Gasteiger charge is 2.58. The van der Waals surface area contributed by atoms with Gasteiger partial charge in [0.1, 0.15) is 11.4 Å². The van der Waals surface area contributed by atoms with Crippen LogP contribution in [0.5, 0.6) is 0 Å². The molecule has 0 aromatic carbocycles. The van der Waals surface area contributed by atoms with Gasteiger partial charge in [-0.15, -0.1) is 0 Å². The molecule has 2 atom stereocenters. The van der Waals surface area contributed by atoms with Crippen LogP contribution in [0.25, 0.3) is 0 Å². The van der Waals surface area contributed by atoms with E-state index in [9.17, 15) is 9.59 Å². The largest absolute Gasteiger partial charge is 0.345 e. The molecule has 2 amide bonds. The number of aryl methyl sites for hydroxylation is 2. The molecule has 2 aromatic rings. The Labute approximate surface area is 169 Å². The zero-order valence-corrected chi connectivity index (χ0v) is 16.8. The fourth-order valence-electron chi connectivity index (χ4n) is 6.21. The summed E-state index contributed by atoms with van der Waals surface area (Å²) in [5, 5.41) is 10.8. The highest BCUT2D eigenvalue weighted by molar-refractivity contribution is 5.93. The van der Waals surface area contributed by atoms with Gasteiger partial charge in [-0.2, -0.15) is 5.10 Å². The molecule has 4 saturated carbocycles. The minimum atomic E-state index is -0.287. The summed E-state index contributed by atoms with van der Waals surface area (Å²) in [7, 11) is 1.81. The molecule has 4 aliphatic carbocycles. The number of amides is 2. The normalized spacial score (nSPS) is 32.2. The highest BCUT2D eigenvalue weighted by Crippen LogP contribution is 2.57. The van der Waals surface area contributed by atoms with Gasteiger partial charge in [0.05, 0.1) is 11.9 Å². The first-order chi connectivity index (χ1) is 13.8. The van der Waals surface area contributed by atoms with Crippen molar-refractivity contribution in [3.05, 3.63) is 41.7 Å². The van der Waals surface area contributed by atoms with E-state index in [1.807, 2.05) is 6.92 Å². The molecule has 8 nitrogen and oxygen atoms in total. The molecule has 6 rings (SSSR count). The Hall–Kier alpha value is -2.77. The van der Waals surface area contributed by atoms with Crippen molar-refractivity contribution in [2.24, 2.45) is 18.9 Å². The molecule has 0 aliphatic heterocycles. The number of carbonyl (C=O) groups is 2. The second-order valence-electron chi connectivity index (χ2n) is 9.35. The monoisotopic (exact) mass is 394 g/mol. The van der Waals surface area contributed by atoms with Crippen molar-refractivity contribution in [1.82, 2.24) is 30.4 Å². The Morgan fingerprint density at radius 3 is 2.14 bits per heavy atom. The Kier molecular flexibility index (Phi) is 4.01. The lowest BCUT2D eigenvalue weighted by molar-refractivity contribution is -0.0449. The first-order valence-corrected chi connectivity index (χ1v) is 10.3. The zero-order chi connectivity index (χ0) is 20.2. The summed E-state index contributed by atoms with van der Waals surface area (Å²) in [5.41, 5.74) is 1.01. The van der Waals surface area contributed by atoms with Crippen LogP contribution >= 0.6 is 0 Å². The van der Waals surface area contributed by atoms with Crippen LogP contribution in [0.4, 0.5) is 0 Å². The Bertz CT molecular complexity index is 952. The molecule has 4 aliphatic rings. The average Bonchev–Trinajstić information content (AvgIpc) is 3.07. The lowest BCUT2D eigenvalue weighted by Gasteiger charge is -2.62. The lowest BCUT2D eigenvalue weighted by atomic mass is 9.49. The first kappa shape index (κ1) is 18.3. The second-order valence-corrected chi connectivity index (χ2v) is 9.35. The first-order valence-electron chi connectivity index (χ1n) is 10.3. The predicted octanol–water partition coefficient (Wildman–Crippen LogP) is 1.77. The van der Waals surface area contributed by atoms with Crippen molar-refractivity contribution in [2.75, 3.05) is 0 Å². The van der Waals surface area contributed by atoms with Gasteiger partial charge in [0.25, 0.3) is 11.8 Å². The summed E-state index contributed by atoms with van der Waals surface area (Å²) in [5.74, 6) is 0.735. The van der Waals surface area contributed by atoms with Crippen molar-refractivity contribution >= 4 is 11.8 Å². The summed E-state index contributed by atoms with van der Waals surface area (Å²) in [6.07, 6.45) is 10.8. The van der Waals surface area contributed by atoms with E-state index in [1.165, 1.54) is 12.6 Å². The number of carbonyl (C=O) groups excluding carboxylic acids is 2. The predicted molar refractivity (Wildman–Crippen MR) is 105 cm³/mol. The van der Waals surface area contributed by atoms with Crippen LogP contribution in [0.1, 0.15) is 65.2 Å². The van der Waals surface area contributed by atoms with Crippen LogP contribution in [-0.4, -0.2) is 42.6 Å². The highest BCUT2D eigenvalue weighted by atomic mass is 16.2. The fraction of sp³-hybridized carbons (Fsp3) is 0.571. The van der Waals surface area contributed by atoms with E-state index in [-0.39, 0.29) is 22.9 Å². The van der Waals surface area contributed by atoms with Crippen molar-refractivity contribution in [3.63, 3.8) is 0 Å². The van der Waals surface area contributed by atoms with E-state index in [0.717, 1.165) is 37.8 Å². The maximum atomic E-state index is 12.9. The quantitative estimate of drug-likeness (QED) is 0.823. The van der Waals surface area contributed by atoms with E-state index >= 15 is 0 Å². The molecule has 0 saturated heterocycles. The third-order valence-corrected chi connectivity index (χ3v) is 6.78.